The average Bonchev–Trinajstić information content (AvgIpc) is 2.33. The smallest absolute Gasteiger partial charge is 0.238 e. The highest BCUT2D eigenvalue weighted by atomic mass is 19.1. The Morgan fingerprint density at radius 2 is 2.00 bits per heavy atom. The van der Waals surface area contributed by atoms with Gasteiger partial charge in [-0.05, 0) is 18.7 Å². The zero-order valence-corrected chi connectivity index (χ0v) is 10.1. The van der Waals surface area contributed by atoms with Gasteiger partial charge in [0.15, 0.2) is 0 Å². The number of para-hydroxylation sites is 1. The summed E-state index contributed by atoms with van der Waals surface area (Å²) in [5.41, 5.74) is -0.442. The van der Waals surface area contributed by atoms with Gasteiger partial charge in [0.2, 0.25) is 5.91 Å². The molecule has 0 aliphatic carbocycles. The van der Waals surface area contributed by atoms with Crippen molar-refractivity contribution in [3.05, 3.63) is 29.8 Å². The lowest BCUT2D eigenvalue weighted by Gasteiger charge is -2.18. The van der Waals surface area contributed by atoms with Gasteiger partial charge in [0.1, 0.15) is 17.3 Å². The Morgan fingerprint density at radius 1 is 1.39 bits per heavy atom. The minimum absolute atomic E-state index is 0.0230. The van der Waals surface area contributed by atoms with Crippen molar-refractivity contribution in [2.24, 2.45) is 0 Å². The Kier molecular flexibility index (Phi) is 5.67. The molecule has 18 heavy (non-hydrogen) atoms. The summed E-state index contributed by atoms with van der Waals surface area (Å²) >= 11 is 0. The van der Waals surface area contributed by atoms with Gasteiger partial charge in [-0.15, -0.1) is 0 Å². The third kappa shape index (κ3) is 4.05. The van der Waals surface area contributed by atoms with E-state index in [1.807, 2.05) is 6.92 Å². The first-order valence-corrected chi connectivity index (χ1v) is 5.65. The number of rotatable bonds is 6. The van der Waals surface area contributed by atoms with Crippen molar-refractivity contribution in [1.29, 1.82) is 0 Å². The van der Waals surface area contributed by atoms with E-state index in [9.17, 15) is 13.6 Å². The van der Waals surface area contributed by atoms with Crippen molar-refractivity contribution >= 4 is 11.6 Å². The quantitative estimate of drug-likeness (QED) is 0.806. The predicted octanol–water partition coefficient (Wildman–Crippen LogP) is 1.22. The van der Waals surface area contributed by atoms with Gasteiger partial charge in [-0.3, -0.25) is 9.69 Å². The summed E-state index contributed by atoms with van der Waals surface area (Å²) < 4.78 is 26.5. The molecule has 0 aliphatic rings. The number of carbonyl (C=O) groups is 1. The molecule has 1 amide bonds. The molecular weight excluding hydrogens is 242 g/mol. The minimum Gasteiger partial charge on any atom is -0.395 e. The van der Waals surface area contributed by atoms with E-state index in [1.165, 1.54) is 6.07 Å². The van der Waals surface area contributed by atoms with Crippen LogP contribution in [0.25, 0.3) is 0 Å². The average molecular weight is 258 g/mol. The lowest BCUT2D eigenvalue weighted by atomic mass is 10.3. The zero-order chi connectivity index (χ0) is 13.5. The van der Waals surface area contributed by atoms with Crippen LogP contribution in [-0.4, -0.2) is 42.2 Å². The topological polar surface area (TPSA) is 52.6 Å². The number of carbonyl (C=O) groups excluding carboxylic acids is 1. The summed E-state index contributed by atoms with van der Waals surface area (Å²) in [5, 5.41) is 11.0. The molecule has 0 unspecified atom stereocenters. The summed E-state index contributed by atoms with van der Waals surface area (Å²) in [4.78, 5) is 13.3. The van der Waals surface area contributed by atoms with Crippen molar-refractivity contribution < 1.29 is 18.7 Å². The molecule has 0 spiro atoms. The SMILES string of the molecule is CCN(CCO)CC(=O)Nc1c(F)cccc1F. The maximum absolute atomic E-state index is 13.3. The summed E-state index contributed by atoms with van der Waals surface area (Å²) in [6, 6.07) is 3.37. The number of anilines is 1. The Balaban J connectivity index is 2.64. The van der Waals surface area contributed by atoms with Gasteiger partial charge < -0.3 is 10.4 Å². The van der Waals surface area contributed by atoms with Crippen molar-refractivity contribution in [2.75, 3.05) is 31.6 Å². The number of halogens is 2. The van der Waals surface area contributed by atoms with E-state index in [1.54, 1.807) is 4.90 Å². The maximum Gasteiger partial charge on any atom is 0.238 e. The van der Waals surface area contributed by atoms with Crippen LogP contribution in [-0.2, 0) is 4.79 Å². The number of hydrogen-bond donors (Lipinski definition) is 2. The van der Waals surface area contributed by atoms with Crippen LogP contribution >= 0.6 is 0 Å². The molecule has 0 bridgehead atoms. The molecule has 4 nitrogen and oxygen atoms in total. The van der Waals surface area contributed by atoms with Crippen molar-refractivity contribution in [3.63, 3.8) is 0 Å². The number of benzene rings is 1. The largest absolute Gasteiger partial charge is 0.395 e. The Morgan fingerprint density at radius 3 is 2.50 bits per heavy atom. The molecule has 1 rings (SSSR count). The molecule has 1 aromatic rings. The van der Waals surface area contributed by atoms with Crippen molar-refractivity contribution in [3.8, 4) is 0 Å². The monoisotopic (exact) mass is 258 g/mol. The minimum atomic E-state index is -0.812. The van der Waals surface area contributed by atoms with E-state index < -0.39 is 23.2 Å². The maximum atomic E-state index is 13.3. The van der Waals surface area contributed by atoms with Gasteiger partial charge in [-0.2, -0.15) is 0 Å². The number of amides is 1. The highest BCUT2D eigenvalue weighted by Gasteiger charge is 2.13. The highest BCUT2D eigenvalue weighted by molar-refractivity contribution is 5.92. The standard InChI is InChI=1S/C12H16F2N2O2/c1-2-16(6-7-17)8-11(18)15-12-9(13)4-3-5-10(12)14/h3-5,17H,2,6-8H2,1H3,(H,15,18). The van der Waals surface area contributed by atoms with E-state index in [0.29, 0.717) is 13.1 Å². The molecule has 1 aromatic carbocycles. The Bertz CT molecular complexity index is 393. The van der Waals surface area contributed by atoms with Gasteiger partial charge >= 0.3 is 0 Å². The summed E-state index contributed by atoms with van der Waals surface area (Å²) in [7, 11) is 0. The van der Waals surface area contributed by atoms with Crippen LogP contribution in [0.5, 0.6) is 0 Å². The van der Waals surface area contributed by atoms with Crippen LogP contribution in [0, 0.1) is 11.6 Å². The number of nitrogens with zero attached hydrogens (tertiary/aromatic N) is 1. The second kappa shape index (κ2) is 7.03. The lowest BCUT2D eigenvalue weighted by molar-refractivity contribution is -0.117. The first-order valence-electron chi connectivity index (χ1n) is 5.65. The summed E-state index contributed by atoms with van der Waals surface area (Å²) in [6.45, 7) is 2.63. The van der Waals surface area contributed by atoms with Gasteiger partial charge in [-0.25, -0.2) is 8.78 Å². The molecule has 100 valence electrons. The molecule has 0 saturated heterocycles. The third-order valence-electron chi connectivity index (χ3n) is 2.46. The number of likely N-dealkylation sites (N-methyl/N-ethyl adjacent to an activating group) is 1. The van der Waals surface area contributed by atoms with Crippen LogP contribution in [0.1, 0.15) is 6.92 Å². The molecule has 0 atom stereocenters. The van der Waals surface area contributed by atoms with Gasteiger partial charge in [0, 0.05) is 6.54 Å². The number of hydrogen-bond acceptors (Lipinski definition) is 3. The van der Waals surface area contributed by atoms with Crippen molar-refractivity contribution in [1.82, 2.24) is 4.90 Å². The molecule has 0 saturated carbocycles. The van der Waals surface area contributed by atoms with Crippen LogP contribution in [0.2, 0.25) is 0 Å². The van der Waals surface area contributed by atoms with E-state index in [4.69, 9.17) is 5.11 Å². The third-order valence-corrected chi connectivity index (χ3v) is 2.46. The van der Waals surface area contributed by atoms with Crippen LogP contribution in [0.15, 0.2) is 18.2 Å². The fraction of sp³-hybridized carbons (Fsp3) is 0.417. The van der Waals surface area contributed by atoms with E-state index in [-0.39, 0.29) is 13.2 Å². The molecule has 0 radical (unpaired) electrons. The van der Waals surface area contributed by atoms with E-state index in [2.05, 4.69) is 5.32 Å². The van der Waals surface area contributed by atoms with Gasteiger partial charge in [0.25, 0.3) is 0 Å². The first-order chi connectivity index (χ1) is 8.58. The molecule has 6 heteroatoms. The molecular formula is C12H16F2N2O2. The number of aliphatic hydroxyl groups is 1. The first kappa shape index (κ1) is 14.5. The van der Waals surface area contributed by atoms with Crippen LogP contribution < -0.4 is 5.32 Å². The molecule has 0 heterocycles. The van der Waals surface area contributed by atoms with Gasteiger partial charge in [-0.1, -0.05) is 13.0 Å². The van der Waals surface area contributed by atoms with Crippen LogP contribution in [0.4, 0.5) is 14.5 Å². The molecule has 2 N–H and O–H groups in total. The number of nitrogens with one attached hydrogen (secondary N) is 1. The normalized spacial score (nSPS) is 10.7. The summed E-state index contributed by atoms with van der Waals surface area (Å²) in [5.74, 6) is -2.14. The fourth-order valence-corrected chi connectivity index (χ4v) is 1.49. The Labute approximate surface area is 104 Å². The predicted molar refractivity (Wildman–Crippen MR) is 64.2 cm³/mol. The second-order valence-corrected chi connectivity index (χ2v) is 3.74. The lowest BCUT2D eigenvalue weighted by Crippen LogP contribution is -2.35. The molecule has 0 fully saturated rings. The van der Waals surface area contributed by atoms with E-state index in [0.717, 1.165) is 12.1 Å². The van der Waals surface area contributed by atoms with E-state index >= 15 is 0 Å². The molecule has 0 aromatic heterocycles. The summed E-state index contributed by atoms with van der Waals surface area (Å²) in [6.07, 6.45) is 0. The van der Waals surface area contributed by atoms with Crippen LogP contribution in [0.3, 0.4) is 0 Å². The van der Waals surface area contributed by atoms with Crippen molar-refractivity contribution in [2.45, 2.75) is 6.92 Å². The fourth-order valence-electron chi connectivity index (χ4n) is 1.49. The Hall–Kier alpha value is -1.53. The second-order valence-electron chi connectivity index (χ2n) is 3.74. The molecule has 0 aliphatic heterocycles. The van der Waals surface area contributed by atoms with Gasteiger partial charge in [0.05, 0.1) is 13.2 Å². The zero-order valence-electron chi connectivity index (χ0n) is 10.1. The highest BCUT2D eigenvalue weighted by Crippen LogP contribution is 2.17. The number of aliphatic hydroxyl groups excluding tert-OH is 1.